The molecule has 5 heteroatoms. The number of aromatic hydroxyl groups is 1. The van der Waals surface area contributed by atoms with Gasteiger partial charge < -0.3 is 14.6 Å². The van der Waals surface area contributed by atoms with E-state index in [1.54, 1.807) is 23.5 Å². The Hall–Kier alpha value is -2.50. The number of phenolic OH excluding ortho intramolecular Hbond substituents is 1. The van der Waals surface area contributed by atoms with Gasteiger partial charge in [-0.05, 0) is 66.6 Å². The Labute approximate surface area is 195 Å². The molecule has 0 radical (unpaired) electrons. The van der Waals surface area contributed by atoms with Crippen molar-refractivity contribution < 1.29 is 14.6 Å². The lowest BCUT2D eigenvalue weighted by molar-refractivity contribution is 0.304. The van der Waals surface area contributed by atoms with Gasteiger partial charge in [0.15, 0.2) is 5.75 Å². The highest BCUT2D eigenvalue weighted by Crippen LogP contribution is 2.47. The number of hydrogen-bond donors (Lipinski definition) is 1. The molecule has 0 saturated heterocycles. The number of benzene rings is 3. The molecule has 0 fully saturated rings. The summed E-state index contributed by atoms with van der Waals surface area (Å²) >= 11 is 5.11. The predicted octanol–water partition coefficient (Wildman–Crippen LogP) is 8.79. The first-order valence-corrected chi connectivity index (χ1v) is 12.2. The van der Waals surface area contributed by atoms with E-state index in [2.05, 4.69) is 35.0 Å². The molecule has 0 aliphatic rings. The van der Waals surface area contributed by atoms with Crippen LogP contribution in [-0.4, -0.2) is 11.7 Å². The van der Waals surface area contributed by atoms with E-state index >= 15 is 0 Å². The van der Waals surface area contributed by atoms with Crippen LogP contribution in [0.3, 0.4) is 0 Å². The zero-order valence-corrected chi connectivity index (χ0v) is 19.8. The topological polar surface area (TPSA) is 38.7 Å². The highest BCUT2D eigenvalue weighted by Gasteiger charge is 2.17. The van der Waals surface area contributed by atoms with Crippen LogP contribution in [0.1, 0.15) is 32.6 Å². The van der Waals surface area contributed by atoms with Gasteiger partial charge in [-0.2, -0.15) is 0 Å². The summed E-state index contributed by atoms with van der Waals surface area (Å²) in [6.45, 7) is 2.95. The smallest absolute Gasteiger partial charge is 0.153 e. The Morgan fingerprint density at radius 2 is 1.61 bits per heavy atom. The zero-order chi connectivity index (χ0) is 21.6. The second-order valence-corrected chi connectivity index (χ2v) is 9.40. The molecule has 4 rings (SSSR count). The largest absolute Gasteiger partial charge is 0.508 e. The van der Waals surface area contributed by atoms with E-state index in [-0.39, 0.29) is 5.75 Å². The first-order chi connectivity index (χ1) is 15.1. The normalized spacial score (nSPS) is 11.0. The molecule has 0 saturated carbocycles. The van der Waals surface area contributed by atoms with Crippen molar-refractivity contribution in [2.24, 2.45) is 0 Å². The lowest BCUT2D eigenvalue weighted by Crippen LogP contribution is -1.97. The summed E-state index contributed by atoms with van der Waals surface area (Å²) in [6.07, 6.45) is 4.77. The molecule has 1 aromatic heterocycles. The van der Waals surface area contributed by atoms with Crippen molar-refractivity contribution in [3.8, 4) is 33.4 Å². The van der Waals surface area contributed by atoms with E-state index in [1.807, 2.05) is 42.5 Å². The summed E-state index contributed by atoms with van der Waals surface area (Å²) in [6, 6.07) is 21.4. The summed E-state index contributed by atoms with van der Waals surface area (Å²) < 4.78 is 14.2. The van der Waals surface area contributed by atoms with Crippen LogP contribution in [0, 0.1) is 0 Å². The van der Waals surface area contributed by atoms with Gasteiger partial charge >= 0.3 is 0 Å². The summed E-state index contributed by atoms with van der Waals surface area (Å²) in [5, 5.41) is 10.9. The quantitative estimate of drug-likeness (QED) is 0.235. The average molecular weight is 497 g/mol. The zero-order valence-electron chi connectivity index (χ0n) is 17.4. The molecule has 0 atom stereocenters. The fourth-order valence-electron chi connectivity index (χ4n) is 3.39. The van der Waals surface area contributed by atoms with Gasteiger partial charge in [0.1, 0.15) is 17.2 Å². The van der Waals surface area contributed by atoms with Crippen LogP contribution in [-0.2, 0) is 0 Å². The molecule has 0 amide bonds. The fourth-order valence-corrected chi connectivity index (χ4v) is 4.83. The Morgan fingerprint density at radius 3 is 2.35 bits per heavy atom. The molecule has 160 valence electrons. The molecule has 3 nitrogen and oxygen atoms in total. The molecular formula is C26H25BrO3S. The van der Waals surface area contributed by atoms with E-state index in [1.165, 1.54) is 19.3 Å². The highest BCUT2D eigenvalue weighted by molar-refractivity contribution is 9.10. The molecule has 31 heavy (non-hydrogen) atoms. The van der Waals surface area contributed by atoms with Crippen molar-refractivity contribution in [2.45, 2.75) is 32.6 Å². The van der Waals surface area contributed by atoms with Crippen LogP contribution >= 0.6 is 27.3 Å². The molecule has 3 aromatic carbocycles. The number of thiophene rings is 1. The summed E-state index contributed by atoms with van der Waals surface area (Å²) in [5.74, 6) is 2.67. The van der Waals surface area contributed by atoms with Crippen molar-refractivity contribution >= 4 is 37.4 Å². The molecule has 1 heterocycles. The van der Waals surface area contributed by atoms with Crippen LogP contribution in [0.15, 0.2) is 71.2 Å². The van der Waals surface area contributed by atoms with E-state index in [0.717, 1.165) is 55.3 Å². The standard InChI is InChI=1S/C26H25BrO3S/c1-2-3-4-5-16-29-21-11-13-22(14-12-21)30-25-23-15-10-20(28)17-24(23)31-26(25)18-6-8-19(27)9-7-18/h6-15,17,28H,2-5,16H2,1H3. The maximum Gasteiger partial charge on any atom is 0.153 e. The van der Waals surface area contributed by atoms with Crippen LogP contribution < -0.4 is 9.47 Å². The molecule has 0 bridgehead atoms. The monoisotopic (exact) mass is 496 g/mol. The van der Waals surface area contributed by atoms with E-state index in [0.29, 0.717) is 0 Å². The Kier molecular flexibility index (Phi) is 7.15. The Balaban J connectivity index is 1.57. The summed E-state index contributed by atoms with van der Waals surface area (Å²) in [4.78, 5) is 1.03. The number of ether oxygens (including phenoxy) is 2. The second-order valence-electron chi connectivity index (χ2n) is 7.43. The third-order valence-corrected chi connectivity index (χ3v) is 6.76. The molecule has 0 spiro atoms. The van der Waals surface area contributed by atoms with Crippen LogP contribution in [0.5, 0.6) is 23.0 Å². The van der Waals surface area contributed by atoms with Crippen molar-refractivity contribution in [2.75, 3.05) is 6.61 Å². The third kappa shape index (κ3) is 5.41. The van der Waals surface area contributed by atoms with Gasteiger partial charge in [-0.1, -0.05) is 54.2 Å². The number of halogens is 1. The third-order valence-electron chi connectivity index (χ3n) is 5.04. The SMILES string of the molecule is CCCCCCOc1ccc(Oc2c(-c3ccc(Br)cc3)sc3cc(O)ccc23)cc1. The fraction of sp³-hybridized carbons (Fsp3) is 0.231. The van der Waals surface area contributed by atoms with E-state index in [9.17, 15) is 5.11 Å². The first kappa shape index (κ1) is 21.7. The summed E-state index contributed by atoms with van der Waals surface area (Å²) in [7, 11) is 0. The predicted molar refractivity (Wildman–Crippen MR) is 133 cm³/mol. The average Bonchev–Trinajstić information content (AvgIpc) is 3.12. The molecule has 0 aliphatic heterocycles. The van der Waals surface area contributed by atoms with Gasteiger partial charge in [0.2, 0.25) is 0 Å². The molecule has 0 aliphatic carbocycles. The van der Waals surface area contributed by atoms with Gasteiger partial charge in [-0.25, -0.2) is 0 Å². The minimum atomic E-state index is 0.253. The second kappa shape index (κ2) is 10.2. The van der Waals surface area contributed by atoms with Crippen molar-refractivity contribution in [1.29, 1.82) is 0 Å². The maximum absolute atomic E-state index is 9.92. The van der Waals surface area contributed by atoms with E-state index < -0.39 is 0 Å². The maximum atomic E-state index is 9.92. The molecule has 0 unspecified atom stereocenters. The first-order valence-electron chi connectivity index (χ1n) is 10.6. The molecular weight excluding hydrogens is 472 g/mol. The summed E-state index contributed by atoms with van der Waals surface area (Å²) in [5.41, 5.74) is 1.07. The Bertz CT molecular complexity index is 1130. The van der Waals surface area contributed by atoms with Gasteiger partial charge in [0, 0.05) is 14.6 Å². The molecule has 1 N–H and O–H groups in total. The minimum absolute atomic E-state index is 0.253. The van der Waals surface area contributed by atoms with Crippen LogP contribution in [0.4, 0.5) is 0 Å². The van der Waals surface area contributed by atoms with Gasteiger partial charge in [0.05, 0.1) is 11.5 Å². The number of rotatable bonds is 9. The minimum Gasteiger partial charge on any atom is -0.508 e. The lowest BCUT2D eigenvalue weighted by atomic mass is 10.1. The number of hydrogen-bond acceptors (Lipinski definition) is 4. The molecule has 4 aromatic rings. The van der Waals surface area contributed by atoms with Crippen LogP contribution in [0.25, 0.3) is 20.5 Å². The van der Waals surface area contributed by atoms with Gasteiger partial charge in [-0.3, -0.25) is 0 Å². The van der Waals surface area contributed by atoms with Crippen LogP contribution in [0.2, 0.25) is 0 Å². The van der Waals surface area contributed by atoms with Gasteiger partial charge in [0.25, 0.3) is 0 Å². The van der Waals surface area contributed by atoms with Gasteiger partial charge in [-0.15, -0.1) is 11.3 Å². The van der Waals surface area contributed by atoms with E-state index in [4.69, 9.17) is 9.47 Å². The van der Waals surface area contributed by atoms with Crippen molar-refractivity contribution in [3.63, 3.8) is 0 Å². The van der Waals surface area contributed by atoms with Crippen molar-refractivity contribution in [3.05, 3.63) is 71.2 Å². The number of phenols is 1. The number of unbranched alkanes of at least 4 members (excludes halogenated alkanes) is 3. The number of fused-ring (bicyclic) bond motifs is 1. The lowest BCUT2D eigenvalue weighted by Gasteiger charge is -2.10. The highest BCUT2D eigenvalue weighted by atomic mass is 79.9. The Morgan fingerprint density at radius 1 is 0.871 bits per heavy atom. The van der Waals surface area contributed by atoms with Crippen molar-refractivity contribution in [1.82, 2.24) is 0 Å².